The average Bonchev–Trinajstić information content (AvgIpc) is 3.29. The van der Waals surface area contributed by atoms with Gasteiger partial charge < -0.3 is 20.5 Å². The summed E-state index contributed by atoms with van der Waals surface area (Å²) in [5.74, 6) is 1.24. The molecule has 0 aliphatic heterocycles. The fraction of sp³-hybridized carbons (Fsp3) is 0.273. The molecule has 0 spiro atoms. The molecule has 1 aromatic carbocycles. The Balaban J connectivity index is 1.58. The van der Waals surface area contributed by atoms with Crippen LogP contribution >= 0.6 is 11.3 Å². The van der Waals surface area contributed by atoms with Gasteiger partial charge in [-0.2, -0.15) is 0 Å². The first-order valence-electron chi connectivity index (χ1n) is 9.63. The van der Waals surface area contributed by atoms with Gasteiger partial charge in [0.2, 0.25) is 5.88 Å². The first-order chi connectivity index (χ1) is 14.5. The molecule has 3 aromatic rings. The molecule has 30 heavy (non-hydrogen) atoms. The lowest BCUT2D eigenvalue weighted by molar-refractivity contribution is 0.0655. The second kappa shape index (κ2) is 10.2. The molecule has 0 aliphatic carbocycles. The summed E-state index contributed by atoms with van der Waals surface area (Å²) in [6, 6.07) is 13.2. The highest BCUT2D eigenvalue weighted by molar-refractivity contribution is 7.10. The Morgan fingerprint density at radius 1 is 1.20 bits per heavy atom. The molecule has 0 saturated heterocycles. The highest BCUT2D eigenvalue weighted by Crippen LogP contribution is 2.24. The lowest BCUT2D eigenvalue weighted by Crippen LogP contribution is -2.44. The summed E-state index contributed by atoms with van der Waals surface area (Å²) < 4.78 is 18.6. The van der Waals surface area contributed by atoms with Gasteiger partial charge in [0, 0.05) is 23.7 Å². The topological polar surface area (TPSA) is 78.8 Å². The molecule has 0 fully saturated rings. The first kappa shape index (κ1) is 21.7. The third-order valence-corrected chi connectivity index (χ3v) is 5.37. The van der Waals surface area contributed by atoms with Gasteiger partial charge in [0.05, 0.1) is 13.1 Å². The fourth-order valence-corrected chi connectivity index (χ4v) is 3.42. The number of aliphatic imine (C=N–C) groups is 1. The summed E-state index contributed by atoms with van der Waals surface area (Å²) in [4.78, 5) is 9.73. The van der Waals surface area contributed by atoms with Crippen LogP contribution in [0.2, 0.25) is 0 Å². The van der Waals surface area contributed by atoms with Crippen molar-refractivity contribution in [3.63, 3.8) is 0 Å². The van der Waals surface area contributed by atoms with Crippen LogP contribution in [0.4, 0.5) is 4.39 Å². The molecule has 0 amide bonds. The molecule has 0 saturated carbocycles. The van der Waals surface area contributed by atoms with Gasteiger partial charge in [-0.05, 0) is 55.1 Å². The van der Waals surface area contributed by atoms with Gasteiger partial charge in [-0.25, -0.2) is 14.4 Å². The standard InChI is InChI=1S/C22H25FN4O2S/c1-3-24-21(27-15-22(2,28)19-5-4-12-30-19)26-14-16-6-11-20(25-13-16)29-18-9-7-17(23)8-10-18/h4-13,28H,3,14-15H2,1-2H3,(H2,24,26,27). The van der Waals surface area contributed by atoms with Crippen LogP contribution in [0.3, 0.4) is 0 Å². The Labute approximate surface area is 179 Å². The maximum atomic E-state index is 13.0. The van der Waals surface area contributed by atoms with Crippen LogP contribution < -0.4 is 15.4 Å². The zero-order valence-corrected chi connectivity index (χ0v) is 17.7. The molecule has 0 radical (unpaired) electrons. The van der Waals surface area contributed by atoms with Crippen molar-refractivity contribution in [3.05, 3.63) is 76.4 Å². The molecule has 2 heterocycles. The normalized spacial score (nSPS) is 13.5. The molecule has 0 aliphatic rings. The van der Waals surface area contributed by atoms with Gasteiger partial charge in [-0.3, -0.25) is 0 Å². The van der Waals surface area contributed by atoms with E-state index in [0.717, 1.165) is 10.4 Å². The third kappa shape index (κ3) is 6.27. The predicted octanol–water partition coefficient (Wildman–Crippen LogP) is 4.04. The Bertz CT molecular complexity index is 942. The van der Waals surface area contributed by atoms with Gasteiger partial charge in [0.15, 0.2) is 5.96 Å². The molecule has 3 rings (SSSR count). The Kier molecular flexibility index (Phi) is 7.37. The summed E-state index contributed by atoms with van der Waals surface area (Å²) in [6.45, 7) is 5.22. The molecular weight excluding hydrogens is 403 g/mol. The fourth-order valence-electron chi connectivity index (χ4n) is 2.63. The summed E-state index contributed by atoms with van der Waals surface area (Å²) in [5, 5.41) is 19.0. The largest absolute Gasteiger partial charge is 0.439 e. The van der Waals surface area contributed by atoms with Crippen molar-refractivity contribution >= 4 is 17.3 Å². The van der Waals surface area contributed by atoms with Crippen LogP contribution in [0.15, 0.2) is 65.1 Å². The number of hydrogen-bond donors (Lipinski definition) is 3. The number of thiophene rings is 1. The van der Waals surface area contributed by atoms with E-state index in [0.29, 0.717) is 37.2 Å². The highest BCUT2D eigenvalue weighted by Gasteiger charge is 2.24. The van der Waals surface area contributed by atoms with Gasteiger partial charge in [0.1, 0.15) is 17.2 Å². The van der Waals surface area contributed by atoms with E-state index in [9.17, 15) is 9.50 Å². The van der Waals surface area contributed by atoms with Crippen molar-refractivity contribution in [2.24, 2.45) is 4.99 Å². The van der Waals surface area contributed by atoms with E-state index in [1.54, 1.807) is 31.3 Å². The van der Waals surface area contributed by atoms with E-state index in [1.807, 2.05) is 30.5 Å². The van der Waals surface area contributed by atoms with E-state index in [1.165, 1.54) is 23.5 Å². The van der Waals surface area contributed by atoms with E-state index in [-0.39, 0.29) is 5.82 Å². The van der Waals surface area contributed by atoms with E-state index < -0.39 is 5.60 Å². The Hall–Kier alpha value is -2.97. The van der Waals surface area contributed by atoms with Crippen LogP contribution in [0.25, 0.3) is 0 Å². The van der Waals surface area contributed by atoms with Gasteiger partial charge in [-0.1, -0.05) is 12.1 Å². The first-order valence-corrected chi connectivity index (χ1v) is 10.5. The minimum absolute atomic E-state index is 0.314. The predicted molar refractivity (Wildman–Crippen MR) is 117 cm³/mol. The highest BCUT2D eigenvalue weighted by atomic mass is 32.1. The maximum Gasteiger partial charge on any atom is 0.219 e. The average molecular weight is 429 g/mol. The van der Waals surface area contributed by atoms with E-state index >= 15 is 0 Å². The molecule has 1 atom stereocenters. The van der Waals surface area contributed by atoms with Crippen molar-refractivity contribution in [2.45, 2.75) is 26.0 Å². The lowest BCUT2D eigenvalue weighted by atomic mass is 10.1. The molecule has 2 aromatic heterocycles. The summed E-state index contributed by atoms with van der Waals surface area (Å²) in [7, 11) is 0. The maximum absolute atomic E-state index is 13.0. The zero-order valence-electron chi connectivity index (χ0n) is 16.9. The number of nitrogens with zero attached hydrogens (tertiary/aromatic N) is 2. The zero-order chi connectivity index (χ0) is 21.4. The molecule has 8 heteroatoms. The van der Waals surface area contributed by atoms with Crippen molar-refractivity contribution in [1.82, 2.24) is 15.6 Å². The smallest absolute Gasteiger partial charge is 0.219 e. The minimum atomic E-state index is -0.981. The van der Waals surface area contributed by atoms with Crippen LogP contribution in [-0.4, -0.2) is 29.1 Å². The van der Waals surface area contributed by atoms with E-state index in [2.05, 4.69) is 20.6 Å². The number of guanidine groups is 1. The number of halogens is 1. The number of benzene rings is 1. The van der Waals surface area contributed by atoms with Gasteiger partial charge in [0.25, 0.3) is 0 Å². The quantitative estimate of drug-likeness (QED) is 0.373. The Morgan fingerprint density at radius 3 is 2.63 bits per heavy atom. The summed E-state index contributed by atoms with van der Waals surface area (Å²) in [5.41, 5.74) is -0.0747. The number of ether oxygens (including phenoxy) is 1. The van der Waals surface area contributed by atoms with Gasteiger partial charge in [-0.15, -0.1) is 11.3 Å². The summed E-state index contributed by atoms with van der Waals surface area (Å²) in [6.07, 6.45) is 1.69. The van der Waals surface area contributed by atoms with Crippen molar-refractivity contribution < 1.29 is 14.2 Å². The van der Waals surface area contributed by atoms with Crippen LogP contribution in [0.1, 0.15) is 24.3 Å². The van der Waals surface area contributed by atoms with Crippen molar-refractivity contribution in [3.8, 4) is 11.6 Å². The van der Waals surface area contributed by atoms with Crippen LogP contribution in [0, 0.1) is 5.82 Å². The third-order valence-electron chi connectivity index (χ3n) is 4.25. The molecule has 0 bridgehead atoms. The van der Waals surface area contributed by atoms with Crippen molar-refractivity contribution in [2.75, 3.05) is 13.1 Å². The number of hydrogen-bond acceptors (Lipinski definition) is 5. The number of rotatable bonds is 8. The molecule has 158 valence electrons. The minimum Gasteiger partial charge on any atom is -0.439 e. The second-order valence-electron chi connectivity index (χ2n) is 6.86. The molecule has 3 N–H and O–H groups in total. The van der Waals surface area contributed by atoms with E-state index in [4.69, 9.17) is 4.74 Å². The lowest BCUT2D eigenvalue weighted by Gasteiger charge is -2.23. The number of pyridine rings is 1. The van der Waals surface area contributed by atoms with Crippen LogP contribution in [0.5, 0.6) is 11.6 Å². The van der Waals surface area contributed by atoms with Crippen LogP contribution in [-0.2, 0) is 12.1 Å². The SMILES string of the molecule is CCNC(=NCc1ccc(Oc2ccc(F)cc2)nc1)NCC(C)(O)c1cccs1. The molecular formula is C22H25FN4O2S. The van der Waals surface area contributed by atoms with Crippen molar-refractivity contribution in [1.29, 1.82) is 0 Å². The van der Waals surface area contributed by atoms with Gasteiger partial charge >= 0.3 is 0 Å². The summed E-state index contributed by atoms with van der Waals surface area (Å²) >= 11 is 1.52. The second-order valence-corrected chi connectivity index (χ2v) is 7.81. The number of aromatic nitrogens is 1. The Morgan fingerprint density at radius 2 is 2.00 bits per heavy atom. The number of nitrogens with one attached hydrogen (secondary N) is 2. The number of aliphatic hydroxyl groups is 1. The molecule has 1 unspecified atom stereocenters. The monoisotopic (exact) mass is 428 g/mol. The molecule has 6 nitrogen and oxygen atoms in total.